The standard InChI is InChI=1S/C4H8N2/c1-6-4-2-3(4)5/h2-3,6H,5H2,1H3. The van der Waals surface area contributed by atoms with Crippen LogP contribution in [0.25, 0.3) is 0 Å². The number of nitrogens with two attached hydrogens (primary N) is 1. The third-order valence-electron chi connectivity index (χ3n) is 0.898. The molecule has 0 aromatic heterocycles. The lowest BCUT2D eigenvalue weighted by Crippen LogP contribution is -2.10. The fourth-order valence-electron chi connectivity index (χ4n) is 0.395. The Morgan fingerprint density at radius 1 is 2.00 bits per heavy atom. The zero-order valence-electron chi connectivity index (χ0n) is 3.73. The summed E-state index contributed by atoms with van der Waals surface area (Å²) >= 11 is 0. The highest BCUT2D eigenvalue weighted by Gasteiger charge is 2.16. The topological polar surface area (TPSA) is 38.0 Å². The van der Waals surface area contributed by atoms with Crippen LogP contribution in [0.5, 0.6) is 0 Å². The molecule has 0 bridgehead atoms. The van der Waals surface area contributed by atoms with Crippen molar-refractivity contribution >= 4 is 0 Å². The maximum atomic E-state index is 5.32. The predicted octanol–water partition coefficient (Wildman–Crippen LogP) is -0.569. The average Bonchev–Trinajstić information content (AvgIpc) is 2.19. The SMILES string of the molecule is CNC1=CC1N. The minimum Gasteiger partial charge on any atom is -0.390 e. The summed E-state index contributed by atoms with van der Waals surface area (Å²) in [5, 5.41) is 2.92. The Bertz CT molecular complexity index is 85.5. The molecule has 1 atom stereocenters. The lowest BCUT2D eigenvalue weighted by atomic mass is 10.6. The number of hydrogen-bond donors (Lipinski definition) is 2. The second-order valence-electron chi connectivity index (χ2n) is 1.40. The Labute approximate surface area is 37.0 Å². The van der Waals surface area contributed by atoms with Crippen molar-refractivity contribution in [1.82, 2.24) is 5.32 Å². The van der Waals surface area contributed by atoms with Gasteiger partial charge in [0.15, 0.2) is 0 Å². The largest absolute Gasteiger partial charge is 0.390 e. The van der Waals surface area contributed by atoms with Crippen molar-refractivity contribution < 1.29 is 0 Å². The van der Waals surface area contributed by atoms with Crippen LogP contribution in [-0.2, 0) is 0 Å². The van der Waals surface area contributed by atoms with Crippen molar-refractivity contribution in [2.45, 2.75) is 6.04 Å². The molecule has 34 valence electrons. The molecule has 3 N–H and O–H groups in total. The van der Waals surface area contributed by atoms with E-state index in [2.05, 4.69) is 5.32 Å². The lowest BCUT2D eigenvalue weighted by molar-refractivity contribution is 0.957. The second kappa shape index (κ2) is 0.980. The van der Waals surface area contributed by atoms with Crippen molar-refractivity contribution in [3.8, 4) is 0 Å². The van der Waals surface area contributed by atoms with Crippen LogP contribution in [-0.4, -0.2) is 13.1 Å². The Balaban J connectivity index is 2.23. The molecule has 6 heavy (non-hydrogen) atoms. The summed E-state index contributed by atoms with van der Waals surface area (Å²) in [7, 11) is 1.87. The molecule has 2 nitrogen and oxygen atoms in total. The highest BCUT2D eigenvalue weighted by Crippen LogP contribution is 2.10. The molecule has 0 fully saturated rings. The molecule has 1 aliphatic carbocycles. The molecule has 1 rings (SSSR count). The van der Waals surface area contributed by atoms with E-state index in [9.17, 15) is 0 Å². The average molecular weight is 84.1 g/mol. The van der Waals surface area contributed by atoms with E-state index in [4.69, 9.17) is 5.73 Å². The number of rotatable bonds is 1. The van der Waals surface area contributed by atoms with Gasteiger partial charge in [-0.15, -0.1) is 0 Å². The Kier molecular flexibility index (Phi) is 0.601. The Hall–Kier alpha value is -0.500. The first-order valence-electron chi connectivity index (χ1n) is 1.99. The molecule has 0 heterocycles. The van der Waals surface area contributed by atoms with E-state index in [1.807, 2.05) is 13.1 Å². The van der Waals surface area contributed by atoms with Crippen molar-refractivity contribution in [3.63, 3.8) is 0 Å². The van der Waals surface area contributed by atoms with Crippen LogP contribution in [0.1, 0.15) is 0 Å². The number of hydrogen-bond acceptors (Lipinski definition) is 2. The molecule has 2 heteroatoms. The van der Waals surface area contributed by atoms with Crippen LogP contribution >= 0.6 is 0 Å². The van der Waals surface area contributed by atoms with E-state index in [-0.39, 0.29) is 6.04 Å². The maximum absolute atomic E-state index is 5.32. The van der Waals surface area contributed by atoms with Crippen molar-refractivity contribution in [2.75, 3.05) is 7.05 Å². The first-order valence-corrected chi connectivity index (χ1v) is 1.99. The number of nitrogens with one attached hydrogen (secondary N) is 1. The third kappa shape index (κ3) is 0.389. The zero-order valence-corrected chi connectivity index (χ0v) is 3.73. The minimum absolute atomic E-state index is 0.245. The van der Waals surface area contributed by atoms with Crippen LogP contribution in [0.15, 0.2) is 11.8 Å². The van der Waals surface area contributed by atoms with Crippen LogP contribution < -0.4 is 11.1 Å². The normalized spacial score (nSPS) is 29.0. The highest BCUT2D eigenvalue weighted by atomic mass is 14.9. The van der Waals surface area contributed by atoms with Gasteiger partial charge in [0.05, 0.1) is 6.04 Å². The summed E-state index contributed by atoms with van der Waals surface area (Å²) in [6.45, 7) is 0. The van der Waals surface area contributed by atoms with Crippen LogP contribution in [0, 0.1) is 0 Å². The van der Waals surface area contributed by atoms with E-state index in [0.29, 0.717) is 0 Å². The van der Waals surface area contributed by atoms with Gasteiger partial charge in [-0.05, 0) is 6.08 Å². The molecule has 0 saturated carbocycles. The lowest BCUT2D eigenvalue weighted by Gasteiger charge is -1.85. The molecule has 0 spiro atoms. The molecule has 0 aromatic rings. The first-order chi connectivity index (χ1) is 2.84. The van der Waals surface area contributed by atoms with Gasteiger partial charge in [-0.2, -0.15) is 0 Å². The summed E-state index contributed by atoms with van der Waals surface area (Å²) in [5.41, 5.74) is 6.48. The van der Waals surface area contributed by atoms with Crippen LogP contribution in [0.4, 0.5) is 0 Å². The fourth-order valence-corrected chi connectivity index (χ4v) is 0.395. The van der Waals surface area contributed by atoms with Crippen molar-refractivity contribution in [1.29, 1.82) is 0 Å². The van der Waals surface area contributed by atoms with Gasteiger partial charge in [0.2, 0.25) is 0 Å². The molecule has 0 aliphatic heterocycles. The predicted molar refractivity (Wildman–Crippen MR) is 25.1 cm³/mol. The van der Waals surface area contributed by atoms with E-state index in [1.54, 1.807) is 0 Å². The molecule has 1 aliphatic rings. The molecule has 0 radical (unpaired) electrons. The Morgan fingerprint density at radius 3 is 2.50 bits per heavy atom. The van der Waals surface area contributed by atoms with Crippen LogP contribution in [0.3, 0.4) is 0 Å². The monoisotopic (exact) mass is 84.1 g/mol. The van der Waals surface area contributed by atoms with Gasteiger partial charge in [0.25, 0.3) is 0 Å². The quantitative estimate of drug-likeness (QED) is 0.446. The minimum atomic E-state index is 0.245. The molecule has 0 amide bonds. The summed E-state index contributed by atoms with van der Waals surface area (Å²) in [4.78, 5) is 0. The summed E-state index contributed by atoms with van der Waals surface area (Å²) < 4.78 is 0. The fraction of sp³-hybridized carbons (Fsp3) is 0.500. The summed E-state index contributed by atoms with van der Waals surface area (Å²) in [5.74, 6) is 0. The molecule has 1 unspecified atom stereocenters. The molecular weight excluding hydrogens is 76.1 g/mol. The van der Waals surface area contributed by atoms with Gasteiger partial charge < -0.3 is 11.1 Å². The van der Waals surface area contributed by atoms with E-state index in [0.717, 1.165) is 5.70 Å². The van der Waals surface area contributed by atoms with Crippen LogP contribution in [0.2, 0.25) is 0 Å². The number of likely N-dealkylation sites (N-methyl/N-ethyl adjacent to an activating group) is 1. The molecule has 0 saturated heterocycles. The zero-order chi connectivity index (χ0) is 4.57. The maximum Gasteiger partial charge on any atom is 0.0648 e. The van der Waals surface area contributed by atoms with Gasteiger partial charge in [-0.3, -0.25) is 0 Å². The van der Waals surface area contributed by atoms with Gasteiger partial charge in [-0.1, -0.05) is 0 Å². The van der Waals surface area contributed by atoms with Crippen molar-refractivity contribution in [3.05, 3.63) is 11.8 Å². The van der Waals surface area contributed by atoms with Gasteiger partial charge in [-0.25, -0.2) is 0 Å². The van der Waals surface area contributed by atoms with E-state index in [1.165, 1.54) is 0 Å². The molecule has 0 aromatic carbocycles. The van der Waals surface area contributed by atoms with Gasteiger partial charge in [0.1, 0.15) is 0 Å². The second-order valence-corrected chi connectivity index (χ2v) is 1.40. The van der Waals surface area contributed by atoms with Gasteiger partial charge >= 0.3 is 0 Å². The van der Waals surface area contributed by atoms with Crippen molar-refractivity contribution in [2.24, 2.45) is 5.73 Å². The first kappa shape index (κ1) is 3.68. The summed E-state index contributed by atoms with van der Waals surface area (Å²) in [6, 6.07) is 0.245. The molecular formula is C4H8N2. The van der Waals surface area contributed by atoms with E-state index < -0.39 is 0 Å². The smallest absolute Gasteiger partial charge is 0.0648 e. The van der Waals surface area contributed by atoms with E-state index >= 15 is 0 Å². The summed E-state index contributed by atoms with van der Waals surface area (Å²) in [6.07, 6.45) is 1.97. The van der Waals surface area contributed by atoms with Gasteiger partial charge in [0, 0.05) is 12.7 Å². The third-order valence-corrected chi connectivity index (χ3v) is 0.898. The highest BCUT2D eigenvalue weighted by molar-refractivity contribution is 5.31. The Morgan fingerprint density at radius 2 is 2.50 bits per heavy atom.